The van der Waals surface area contributed by atoms with E-state index in [1.807, 2.05) is 0 Å². The molecule has 0 spiro atoms. The van der Waals surface area contributed by atoms with Gasteiger partial charge in [-0.1, -0.05) is 23.2 Å². The first kappa shape index (κ1) is 25.6. The van der Waals surface area contributed by atoms with Crippen molar-refractivity contribution in [1.82, 2.24) is 10.6 Å². The fourth-order valence-electron chi connectivity index (χ4n) is 2.02. The molecule has 0 aliphatic heterocycles. The zero-order chi connectivity index (χ0) is 23.0. The number of nitrogens with one attached hydrogen (secondary N) is 2. The number of thioether (sulfide) groups is 1. The van der Waals surface area contributed by atoms with Crippen molar-refractivity contribution in [3.63, 3.8) is 0 Å². The maximum atomic E-state index is 12.3. The first-order valence-electron chi connectivity index (χ1n) is 8.24. The number of nitrogens with two attached hydrogens (primary N) is 1. The number of benzene rings is 1. The first-order valence-corrected chi connectivity index (χ1v) is 9.98. The summed E-state index contributed by atoms with van der Waals surface area (Å²) < 4.78 is 0. The summed E-state index contributed by atoms with van der Waals surface area (Å²) in [4.78, 5) is 45.7. The predicted octanol–water partition coefficient (Wildman–Crippen LogP) is 0.374. The highest BCUT2D eigenvalue weighted by Gasteiger charge is 2.25. The number of amides is 2. The smallest absolute Gasteiger partial charge is 0.322 e. The van der Waals surface area contributed by atoms with Gasteiger partial charge in [-0.3, -0.25) is 19.2 Å². The molecule has 2 atom stereocenters. The summed E-state index contributed by atoms with van der Waals surface area (Å²) in [5.41, 5.74) is 5.33. The van der Waals surface area contributed by atoms with Gasteiger partial charge in [0.05, 0.1) is 14.9 Å². The Labute approximate surface area is 184 Å². The summed E-state index contributed by atoms with van der Waals surface area (Å²) in [6, 6.07) is -1.53. The third kappa shape index (κ3) is 7.78. The minimum atomic E-state index is -1.31. The van der Waals surface area contributed by atoms with E-state index < -0.39 is 53.9 Å². The van der Waals surface area contributed by atoms with Crippen LogP contribution < -0.4 is 16.4 Å². The molecule has 11 nitrogen and oxygen atoms in total. The van der Waals surface area contributed by atoms with E-state index in [4.69, 9.17) is 39.1 Å². The van der Waals surface area contributed by atoms with E-state index in [9.17, 15) is 29.4 Å². The van der Waals surface area contributed by atoms with Crippen molar-refractivity contribution in [1.29, 1.82) is 0 Å². The summed E-state index contributed by atoms with van der Waals surface area (Å²) >= 11 is 12.5. The van der Waals surface area contributed by atoms with Crippen molar-refractivity contribution in [2.24, 2.45) is 5.73 Å². The Morgan fingerprint density at radius 2 is 1.80 bits per heavy atom. The van der Waals surface area contributed by atoms with E-state index in [2.05, 4.69) is 10.6 Å². The fraction of sp³-hybridized carbons (Fsp3) is 0.375. The number of rotatable bonds is 11. The Kier molecular flexibility index (Phi) is 9.99. The number of phenolic OH excluding ortho intramolecular Hbond substituents is 2. The fourth-order valence-corrected chi connectivity index (χ4v) is 3.63. The quantitative estimate of drug-likeness (QED) is 0.170. The van der Waals surface area contributed by atoms with Gasteiger partial charge in [-0.2, -0.15) is 0 Å². The molecule has 0 bridgehead atoms. The molecule has 14 heteroatoms. The molecule has 166 valence electrons. The highest BCUT2D eigenvalue weighted by Crippen LogP contribution is 2.45. The normalized spacial score (nSPS) is 12.6. The van der Waals surface area contributed by atoms with Crippen LogP contribution in [0.25, 0.3) is 0 Å². The lowest BCUT2D eigenvalue weighted by Gasteiger charge is -2.19. The molecule has 0 fully saturated rings. The summed E-state index contributed by atoms with van der Waals surface area (Å²) in [6.07, 6.45) is -0.489. The second-order valence-corrected chi connectivity index (χ2v) is 7.71. The Balaban J connectivity index is 2.91. The number of carboxylic acid groups (broad SMARTS) is 2. The number of carbonyl (C=O) groups excluding carboxylic acids is 2. The monoisotopic (exact) mass is 483 g/mol. The van der Waals surface area contributed by atoms with E-state index in [-0.39, 0.29) is 33.5 Å². The summed E-state index contributed by atoms with van der Waals surface area (Å²) in [5, 5.41) is 41.2. The number of hydrogen-bond donors (Lipinski definition) is 7. The maximum Gasteiger partial charge on any atom is 0.322 e. The van der Waals surface area contributed by atoms with Gasteiger partial charge < -0.3 is 36.8 Å². The Bertz CT molecular complexity index is 813. The molecule has 0 saturated carbocycles. The SMILES string of the molecule is N[C@@H](CCC(=O)N[C@@H](CSc1c(O)c(Cl)cc(O)c1Cl)C(=O)NCC(=O)O)C(=O)O. The third-order valence-electron chi connectivity index (χ3n) is 3.59. The van der Waals surface area contributed by atoms with Gasteiger partial charge >= 0.3 is 11.9 Å². The molecule has 0 saturated heterocycles. The number of carbonyl (C=O) groups is 4. The number of halogens is 2. The summed E-state index contributed by atoms with van der Waals surface area (Å²) in [7, 11) is 0. The lowest BCUT2D eigenvalue weighted by atomic mass is 10.1. The number of aliphatic carboxylic acids is 2. The second kappa shape index (κ2) is 11.7. The zero-order valence-electron chi connectivity index (χ0n) is 15.2. The molecule has 0 radical (unpaired) electrons. The molecule has 0 unspecified atom stereocenters. The number of aromatic hydroxyl groups is 2. The number of hydrogen-bond acceptors (Lipinski definition) is 8. The van der Waals surface area contributed by atoms with Gasteiger partial charge in [0, 0.05) is 18.2 Å². The van der Waals surface area contributed by atoms with Crippen LogP contribution in [0.4, 0.5) is 0 Å². The van der Waals surface area contributed by atoms with Crippen LogP contribution in [0.15, 0.2) is 11.0 Å². The van der Waals surface area contributed by atoms with E-state index in [1.165, 1.54) is 0 Å². The van der Waals surface area contributed by atoms with Gasteiger partial charge in [-0.25, -0.2) is 0 Å². The van der Waals surface area contributed by atoms with Crippen LogP contribution in [0.3, 0.4) is 0 Å². The van der Waals surface area contributed by atoms with Crippen molar-refractivity contribution >= 4 is 58.7 Å². The topological polar surface area (TPSA) is 199 Å². The van der Waals surface area contributed by atoms with E-state index in [1.54, 1.807) is 0 Å². The molecule has 0 aliphatic carbocycles. The van der Waals surface area contributed by atoms with Crippen molar-refractivity contribution in [2.45, 2.75) is 29.8 Å². The molecule has 2 amide bonds. The standard InChI is InChI=1S/C16H19Cl2N3O8S/c17-6-3-9(22)12(18)14(13(6)26)30-5-8(15(27)20-4-11(24)25)21-10(23)2-1-7(19)16(28)29/h3,7-8,22,26H,1-2,4-5,19H2,(H,20,27)(H,21,23)(H,24,25)(H,28,29)/t7-,8-/m0/s1. The third-order valence-corrected chi connectivity index (χ3v) is 5.56. The molecule has 1 rings (SSSR count). The molecule has 30 heavy (non-hydrogen) atoms. The average molecular weight is 484 g/mol. The van der Waals surface area contributed by atoms with Crippen LogP contribution in [-0.4, -0.2) is 68.6 Å². The number of phenols is 2. The van der Waals surface area contributed by atoms with Crippen LogP contribution >= 0.6 is 35.0 Å². The molecule has 1 aromatic carbocycles. The van der Waals surface area contributed by atoms with Crippen LogP contribution in [0.2, 0.25) is 10.0 Å². The van der Waals surface area contributed by atoms with Gasteiger partial charge in [0.15, 0.2) is 0 Å². The van der Waals surface area contributed by atoms with Gasteiger partial charge in [-0.15, -0.1) is 11.8 Å². The Morgan fingerprint density at radius 1 is 1.17 bits per heavy atom. The molecular formula is C16H19Cl2N3O8S. The Hall–Kier alpha value is -2.41. The van der Waals surface area contributed by atoms with E-state index in [0.717, 1.165) is 17.8 Å². The number of carboxylic acids is 2. The van der Waals surface area contributed by atoms with E-state index in [0.29, 0.717) is 0 Å². The Morgan fingerprint density at radius 3 is 2.37 bits per heavy atom. The van der Waals surface area contributed by atoms with E-state index >= 15 is 0 Å². The van der Waals surface area contributed by atoms with Gasteiger partial charge in [-0.05, 0) is 6.42 Å². The first-order chi connectivity index (χ1) is 13.9. The minimum absolute atomic E-state index is 0.0557. The van der Waals surface area contributed by atoms with Crippen molar-refractivity contribution in [3.05, 3.63) is 16.1 Å². The van der Waals surface area contributed by atoms with Gasteiger partial charge in [0.25, 0.3) is 0 Å². The second-order valence-electron chi connectivity index (χ2n) is 5.90. The lowest BCUT2D eigenvalue weighted by molar-refractivity contribution is -0.139. The molecule has 0 heterocycles. The molecule has 1 aromatic rings. The van der Waals surface area contributed by atoms with Crippen LogP contribution in [0.5, 0.6) is 11.5 Å². The highest BCUT2D eigenvalue weighted by molar-refractivity contribution is 7.99. The van der Waals surface area contributed by atoms with Crippen LogP contribution in [-0.2, 0) is 19.2 Å². The minimum Gasteiger partial charge on any atom is -0.506 e. The summed E-state index contributed by atoms with van der Waals surface area (Å²) in [5.74, 6) is -5.24. The largest absolute Gasteiger partial charge is 0.506 e. The van der Waals surface area contributed by atoms with Crippen LogP contribution in [0, 0.1) is 0 Å². The van der Waals surface area contributed by atoms with Gasteiger partial charge in [0.2, 0.25) is 11.8 Å². The molecule has 8 N–H and O–H groups in total. The van der Waals surface area contributed by atoms with Crippen molar-refractivity contribution in [3.8, 4) is 11.5 Å². The summed E-state index contributed by atoms with van der Waals surface area (Å²) in [6.45, 7) is -0.705. The van der Waals surface area contributed by atoms with Crippen molar-refractivity contribution < 1.29 is 39.6 Å². The van der Waals surface area contributed by atoms with Crippen molar-refractivity contribution in [2.75, 3.05) is 12.3 Å². The average Bonchev–Trinajstić information content (AvgIpc) is 2.67. The molecule has 0 aliphatic rings. The highest BCUT2D eigenvalue weighted by atomic mass is 35.5. The molecule has 0 aromatic heterocycles. The molecular weight excluding hydrogens is 465 g/mol. The lowest BCUT2D eigenvalue weighted by Crippen LogP contribution is -2.49. The van der Waals surface area contributed by atoms with Crippen LogP contribution in [0.1, 0.15) is 12.8 Å². The maximum absolute atomic E-state index is 12.3. The zero-order valence-corrected chi connectivity index (χ0v) is 17.6. The predicted molar refractivity (Wildman–Crippen MR) is 108 cm³/mol. The van der Waals surface area contributed by atoms with Gasteiger partial charge in [0.1, 0.15) is 30.1 Å².